The van der Waals surface area contributed by atoms with Gasteiger partial charge in [-0.25, -0.2) is 0 Å². The van der Waals surface area contributed by atoms with Crippen LogP contribution in [0.1, 0.15) is 23.2 Å². The summed E-state index contributed by atoms with van der Waals surface area (Å²) in [6.07, 6.45) is 2.14. The third-order valence-electron chi connectivity index (χ3n) is 3.31. The maximum absolute atomic E-state index is 12.2. The first-order valence-electron chi connectivity index (χ1n) is 6.74. The number of hydrogen-bond acceptors (Lipinski definition) is 4. The zero-order chi connectivity index (χ0) is 15.2. The Morgan fingerprint density at radius 2 is 2.29 bits per heavy atom. The van der Waals surface area contributed by atoms with E-state index in [0.717, 1.165) is 19.4 Å². The molecule has 0 spiro atoms. The topological polar surface area (TPSA) is 59.6 Å². The van der Waals surface area contributed by atoms with Crippen LogP contribution in [0.5, 0.6) is 11.5 Å². The molecule has 2 N–H and O–H groups in total. The van der Waals surface area contributed by atoms with Crippen molar-refractivity contribution in [3.05, 3.63) is 23.8 Å². The first-order valence-corrected chi connectivity index (χ1v) is 6.74. The number of nitrogens with one attached hydrogen (secondary N) is 2. The van der Waals surface area contributed by atoms with Gasteiger partial charge in [-0.3, -0.25) is 4.79 Å². The lowest BCUT2D eigenvalue weighted by molar-refractivity contribution is -0.0512. The molecule has 0 radical (unpaired) electrons. The van der Waals surface area contributed by atoms with E-state index in [1.807, 2.05) is 0 Å². The molecule has 1 atom stereocenters. The smallest absolute Gasteiger partial charge is 0.387 e. The fourth-order valence-electron chi connectivity index (χ4n) is 2.25. The molecular formula is C14H18F2N2O3. The number of ether oxygens (including phenoxy) is 2. The Morgan fingerprint density at radius 1 is 1.48 bits per heavy atom. The van der Waals surface area contributed by atoms with E-state index >= 15 is 0 Å². The highest BCUT2D eigenvalue weighted by Crippen LogP contribution is 2.29. The van der Waals surface area contributed by atoms with Crippen LogP contribution < -0.4 is 20.1 Å². The predicted molar refractivity (Wildman–Crippen MR) is 73.0 cm³/mol. The molecule has 0 aliphatic carbocycles. The first kappa shape index (κ1) is 15.5. The number of hydrogen-bond donors (Lipinski definition) is 2. The zero-order valence-electron chi connectivity index (χ0n) is 11.7. The third-order valence-corrected chi connectivity index (χ3v) is 3.31. The van der Waals surface area contributed by atoms with Gasteiger partial charge in [0.05, 0.1) is 7.11 Å². The Kier molecular flexibility index (Phi) is 5.32. The van der Waals surface area contributed by atoms with Crippen LogP contribution in [-0.4, -0.2) is 38.8 Å². The van der Waals surface area contributed by atoms with Crippen LogP contribution in [0.4, 0.5) is 8.78 Å². The quantitative estimate of drug-likeness (QED) is 0.841. The average Bonchev–Trinajstić information content (AvgIpc) is 2.98. The van der Waals surface area contributed by atoms with Crippen molar-refractivity contribution in [2.24, 2.45) is 0 Å². The molecule has 0 aromatic heterocycles. The standard InChI is InChI=1S/C14H18F2N2O3/c1-20-12-7-9(4-5-11(12)21-14(15)16)13(19)18-8-10-3-2-6-17-10/h4-5,7,10,14,17H,2-3,6,8H2,1H3,(H,18,19). The highest BCUT2D eigenvalue weighted by atomic mass is 19.3. The minimum atomic E-state index is -2.94. The molecule has 1 heterocycles. The maximum atomic E-state index is 12.2. The predicted octanol–water partition coefficient (Wildman–Crippen LogP) is 1.78. The number of methoxy groups -OCH3 is 1. The Hall–Kier alpha value is -1.89. The summed E-state index contributed by atoms with van der Waals surface area (Å²) < 4.78 is 33.7. The zero-order valence-corrected chi connectivity index (χ0v) is 11.7. The van der Waals surface area contributed by atoms with Gasteiger partial charge in [0.1, 0.15) is 0 Å². The number of amides is 1. The van der Waals surface area contributed by atoms with E-state index < -0.39 is 6.61 Å². The van der Waals surface area contributed by atoms with E-state index in [-0.39, 0.29) is 23.4 Å². The highest BCUT2D eigenvalue weighted by Gasteiger charge is 2.17. The van der Waals surface area contributed by atoms with Crippen molar-refractivity contribution in [2.45, 2.75) is 25.5 Å². The summed E-state index contributed by atoms with van der Waals surface area (Å²) in [5, 5.41) is 6.08. The van der Waals surface area contributed by atoms with Crippen LogP contribution in [0, 0.1) is 0 Å². The molecule has 5 nitrogen and oxygen atoms in total. The van der Waals surface area contributed by atoms with Crippen LogP contribution in [-0.2, 0) is 0 Å². The van der Waals surface area contributed by atoms with Gasteiger partial charge in [0, 0.05) is 18.2 Å². The normalized spacial score (nSPS) is 17.8. The van der Waals surface area contributed by atoms with Crippen molar-refractivity contribution in [2.75, 3.05) is 20.2 Å². The summed E-state index contributed by atoms with van der Waals surface area (Å²) in [6, 6.07) is 4.40. The van der Waals surface area contributed by atoms with Gasteiger partial charge in [-0.2, -0.15) is 8.78 Å². The monoisotopic (exact) mass is 300 g/mol. The molecule has 1 unspecified atom stereocenters. The Morgan fingerprint density at radius 3 is 2.90 bits per heavy atom. The third kappa shape index (κ3) is 4.29. The summed E-state index contributed by atoms with van der Waals surface area (Å²) in [6.45, 7) is -1.43. The molecular weight excluding hydrogens is 282 g/mol. The molecule has 1 aliphatic heterocycles. The molecule has 1 amide bonds. The van der Waals surface area contributed by atoms with Crippen molar-refractivity contribution in [1.29, 1.82) is 0 Å². The van der Waals surface area contributed by atoms with Gasteiger partial charge in [0.2, 0.25) is 0 Å². The largest absolute Gasteiger partial charge is 0.493 e. The number of carbonyl (C=O) groups is 1. The number of benzene rings is 1. The van der Waals surface area contributed by atoms with Gasteiger partial charge in [-0.05, 0) is 37.6 Å². The van der Waals surface area contributed by atoms with Crippen LogP contribution in [0.2, 0.25) is 0 Å². The summed E-state index contributed by atoms with van der Waals surface area (Å²) >= 11 is 0. The van der Waals surface area contributed by atoms with Gasteiger partial charge in [-0.1, -0.05) is 0 Å². The van der Waals surface area contributed by atoms with Gasteiger partial charge in [0.15, 0.2) is 11.5 Å². The first-order chi connectivity index (χ1) is 10.1. The second-order valence-electron chi connectivity index (χ2n) is 4.75. The minimum Gasteiger partial charge on any atom is -0.493 e. The number of rotatable bonds is 6. The summed E-state index contributed by atoms with van der Waals surface area (Å²) in [5.41, 5.74) is 0.339. The van der Waals surface area contributed by atoms with E-state index in [9.17, 15) is 13.6 Å². The molecule has 1 saturated heterocycles. The summed E-state index contributed by atoms with van der Waals surface area (Å²) in [7, 11) is 1.33. The average molecular weight is 300 g/mol. The molecule has 0 saturated carbocycles. The SMILES string of the molecule is COc1cc(C(=O)NCC2CCCN2)ccc1OC(F)F. The number of alkyl halides is 2. The maximum Gasteiger partial charge on any atom is 0.387 e. The van der Waals surface area contributed by atoms with E-state index in [1.54, 1.807) is 0 Å². The summed E-state index contributed by atoms with van der Waals surface area (Å²) in [5.74, 6) is -0.269. The van der Waals surface area contributed by atoms with Crippen molar-refractivity contribution in [3.8, 4) is 11.5 Å². The van der Waals surface area contributed by atoms with Crippen LogP contribution in [0.3, 0.4) is 0 Å². The van der Waals surface area contributed by atoms with E-state index in [4.69, 9.17) is 4.74 Å². The number of carbonyl (C=O) groups excluding carboxylic acids is 1. The molecule has 2 rings (SSSR count). The van der Waals surface area contributed by atoms with Gasteiger partial charge >= 0.3 is 6.61 Å². The fraction of sp³-hybridized carbons (Fsp3) is 0.500. The van der Waals surface area contributed by atoms with Crippen molar-refractivity contribution >= 4 is 5.91 Å². The fourth-order valence-corrected chi connectivity index (χ4v) is 2.25. The van der Waals surface area contributed by atoms with Crippen molar-refractivity contribution < 1.29 is 23.0 Å². The van der Waals surface area contributed by atoms with Crippen molar-refractivity contribution in [3.63, 3.8) is 0 Å². The molecule has 116 valence electrons. The second-order valence-corrected chi connectivity index (χ2v) is 4.75. The molecule has 0 bridgehead atoms. The lowest BCUT2D eigenvalue weighted by atomic mass is 10.1. The van der Waals surface area contributed by atoms with E-state index in [2.05, 4.69) is 15.4 Å². The van der Waals surface area contributed by atoms with E-state index in [0.29, 0.717) is 12.1 Å². The van der Waals surface area contributed by atoms with Gasteiger partial charge < -0.3 is 20.1 Å². The molecule has 1 aliphatic rings. The molecule has 7 heteroatoms. The molecule has 1 fully saturated rings. The van der Waals surface area contributed by atoms with Crippen LogP contribution >= 0.6 is 0 Å². The Labute approximate surface area is 121 Å². The van der Waals surface area contributed by atoms with Gasteiger partial charge in [0.25, 0.3) is 5.91 Å². The van der Waals surface area contributed by atoms with Crippen LogP contribution in [0.15, 0.2) is 18.2 Å². The Bertz CT molecular complexity index is 491. The second kappa shape index (κ2) is 7.21. The lowest BCUT2D eigenvalue weighted by Gasteiger charge is -2.13. The molecule has 1 aromatic rings. The Balaban J connectivity index is 1.99. The highest BCUT2D eigenvalue weighted by molar-refractivity contribution is 5.94. The minimum absolute atomic E-state index is 0.0958. The summed E-state index contributed by atoms with van der Waals surface area (Å²) in [4.78, 5) is 12.0. The van der Waals surface area contributed by atoms with Crippen LogP contribution in [0.25, 0.3) is 0 Å². The lowest BCUT2D eigenvalue weighted by Crippen LogP contribution is -2.37. The molecule has 1 aromatic carbocycles. The van der Waals surface area contributed by atoms with Crippen molar-refractivity contribution in [1.82, 2.24) is 10.6 Å². The van der Waals surface area contributed by atoms with Gasteiger partial charge in [-0.15, -0.1) is 0 Å². The van der Waals surface area contributed by atoms with E-state index in [1.165, 1.54) is 25.3 Å². The number of halogens is 2. The molecule has 21 heavy (non-hydrogen) atoms.